The van der Waals surface area contributed by atoms with Gasteiger partial charge in [0.2, 0.25) is 0 Å². The molecule has 13 heavy (non-hydrogen) atoms. The van der Waals surface area contributed by atoms with Crippen LogP contribution < -0.4 is 0 Å². The lowest BCUT2D eigenvalue weighted by atomic mass is 10.1. The van der Waals surface area contributed by atoms with Crippen molar-refractivity contribution in [1.29, 1.82) is 0 Å². The Bertz CT molecular complexity index is 209. The first-order valence-corrected chi connectivity index (χ1v) is 5.08. The predicted octanol–water partition coefficient (Wildman–Crippen LogP) is 4.22. The second-order valence-electron chi connectivity index (χ2n) is 2.59. The van der Waals surface area contributed by atoms with E-state index in [1.807, 2.05) is 13.8 Å². The van der Waals surface area contributed by atoms with E-state index in [1.165, 1.54) is 5.56 Å². The first kappa shape index (κ1) is 12.0. The highest BCUT2D eigenvalue weighted by molar-refractivity contribution is 5.15. The normalized spacial score (nSPS) is 9.46. The Labute approximate surface area is 82.3 Å². The highest BCUT2D eigenvalue weighted by Crippen LogP contribution is 2.02. The SMILES string of the molecule is C/C=C/CCc1ccccc1.CC. The molecule has 1 rings (SSSR count). The summed E-state index contributed by atoms with van der Waals surface area (Å²) in [7, 11) is 0. The molecule has 0 aromatic heterocycles. The van der Waals surface area contributed by atoms with Gasteiger partial charge in [0.1, 0.15) is 0 Å². The zero-order valence-electron chi connectivity index (χ0n) is 8.96. The van der Waals surface area contributed by atoms with Gasteiger partial charge in [-0.25, -0.2) is 0 Å². The van der Waals surface area contributed by atoms with Crippen molar-refractivity contribution in [2.45, 2.75) is 33.6 Å². The van der Waals surface area contributed by atoms with Gasteiger partial charge in [-0.15, -0.1) is 0 Å². The number of rotatable bonds is 3. The maximum atomic E-state index is 2.20. The van der Waals surface area contributed by atoms with Gasteiger partial charge in [0.15, 0.2) is 0 Å². The molecule has 72 valence electrons. The van der Waals surface area contributed by atoms with Crippen LogP contribution in [0.25, 0.3) is 0 Å². The summed E-state index contributed by atoms with van der Waals surface area (Å²) >= 11 is 0. The van der Waals surface area contributed by atoms with Crippen LogP contribution in [0.2, 0.25) is 0 Å². The largest absolute Gasteiger partial charge is 0.0917 e. The molecular formula is C13H20. The molecule has 1 aromatic carbocycles. The average Bonchev–Trinajstić information content (AvgIpc) is 2.23. The topological polar surface area (TPSA) is 0 Å². The van der Waals surface area contributed by atoms with Gasteiger partial charge in [-0.3, -0.25) is 0 Å². The van der Waals surface area contributed by atoms with Crippen LogP contribution in [0.5, 0.6) is 0 Å². The molecule has 0 aliphatic rings. The molecule has 0 nitrogen and oxygen atoms in total. The van der Waals surface area contributed by atoms with Crippen LogP contribution in [0.4, 0.5) is 0 Å². The predicted molar refractivity (Wildman–Crippen MR) is 60.9 cm³/mol. The van der Waals surface area contributed by atoms with Crippen LogP contribution in [0, 0.1) is 0 Å². The van der Waals surface area contributed by atoms with E-state index in [0.717, 1.165) is 12.8 Å². The summed E-state index contributed by atoms with van der Waals surface area (Å²) in [6.07, 6.45) is 6.61. The third kappa shape index (κ3) is 6.15. The van der Waals surface area contributed by atoms with Crippen LogP contribution in [0.1, 0.15) is 32.8 Å². The molecule has 0 unspecified atom stereocenters. The van der Waals surface area contributed by atoms with Crippen molar-refractivity contribution in [2.24, 2.45) is 0 Å². The standard InChI is InChI=1S/C11H14.C2H6/c1-2-3-5-8-11-9-6-4-7-10-11;1-2/h2-4,6-7,9-10H,5,8H2,1H3;1-2H3/b3-2+;. The number of aryl methyl sites for hydroxylation is 1. The van der Waals surface area contributed by atoms with Crippen LogP contribution in [0.3, 0.4) is 0 Å². The van der Waals surface area contributed by atoms with E-state index in [1.54, 1.807) is 0 Å². The zero-order valence-corrected chi connectivity index (χ0v) is 8.96. The lowest BCUT2D eigenvalue weighted by Crippen LogP contribution is -1.80. The maximum absolute atomic E-state index is 2.20. The van der Waals surface area contributed by atoms with E-state index < -0.39 is 0 Å². The highest BCUT2D eigenvalue weighted by Gasteiger charge is 1.86. The third-order valence-electron chi connectivity index (χ3n) is 1.68. The minimum absolute atomic E-state index is 1.15. The van der Waals surface area contributed by atoms with E-state index in [9.17, 15) is 0 Å². The molecule has 0 heteroatoms. The fraction of sp³-hybridized carbons (Fsp3) is 0.385. The Kier molecular flexibility index (Phi) is 8.33. The van der Waals surface area contributed by atoms with Crippen LogP contribution in [-0.2, 0) is 6.42 Å². The Morgan fingerprint density at radius 2 is 1.69 bits per heavy atom. The lowest BCUT2D eigenvalue weighted by Gasteiger charge is -1.95. The van der Waals surface area contributed by atoms with E-state index >= 15 is 0 Å². The van der Waals surface area contributed by atoms with Gasteiger partial charge in [-0.1, -0.05) is 56.3 Å². The van der Waals surface area contributed by atoms with Crippen molar-refractivity contribution >= 4 is 0 Å². The van der Waals surface area contributed by atoms with E-state index in [-0.39, 0.29) is 0 Å². The first-order chi connectivity index (χ1) is 6.43. The van der Waals surface area contributed by atoms with Crippen molar-refractivity contribution in [1.82, 2.24) is 0 Å². The Morgan fingerprint density at radius 3 is 2.23 bits per heavy atom. The number of benzene rings is 1. The van der Waals surface area contributed by atoms with Crippen molar-refractivity contribution in [2.75, 3.05) is 0 Å². The smallest absolute Gasteiger partial charge is 0.0244 e. The van der Waals surface area contributed by atoms with Crippen LogP contribution >= 0.6 is 0 Å². The van der Waals surface area contributed by atoms with Gasteiger partial charge in [0, 0.05) is 0 Å². The van der Waals surface area contributed by atoms with Crippen LogP contribution in [0.15, 0.2) is 42.5 Å². The molecule has 0 fully saturated rings. The van der Waals surface area contributed by atoms with Gasteiger partial charge in [0.05, 0.1) is 0 Å². The molecule has 0 radical (unpaired) electrons. The molecule has 0 N–H and O–H groups in total. The second kappa shape index (κ2) is 9.05. The number of hydrogen-bond donors (Lipinski definition) is 0. The molecular weight excluding hydrogens is 156 g/mol. The second-order valence-corrected chi connectivity index (χ2v) is 2.59. The van der Waals surface area contributed by atoms with Crippen molar-refractivity contribution in [3.63, 3.8) is 0 Å². The minimum atomic E-state index is 1.15. The van der Waals surface area contributed by atoms with Crippen LogP contribution in [-0.4, -0.2) is 0 Å². The molecule has 1 aromatic rings. The summed E-state index contributed by atoms with van der Waals surface area (Å²) in [5.41, 5.74) is 1.42. The van der Waals surface area contributed by atoms with Gasteiger partial charge < -0.3 is 0 Å². The summed E-state index contributed by atoms with van der Waals surface area (Å²) in [6, 6.07) is 10.6. The summed E-state index contributed by atoms with van der Waals surface area (Å²) in [5.74, 6) is 0. The quantitative estimate of drug-likeness (QED) is 0.605. The summed E-state index contributed by atoms with van der Waals surface area (Å²) < 4.78 is 0. The maximum Gasteiger partial charge on any atom is -0.0244 e. The molecule has 0 heterocycles. The number of hydrogen-bond acceptors (Lipinski definition) is 0. The molecule has 0 saturated carbocycles. The summed E-state index contributed by atoms with van der Waals surface area (Å²) in [5, 5.41) is 0. The molecule has 0 amide bonds. The average molecular weight is 176 g/mol. The molecule has 0 bridgehead atoms. The molecule has 0 saturated heterocycles. The Hall–Kier alpha value is -1.04. The molecule has 0 aliphatic heterocycles. The van der Waals surface area contributed by atoms with Crippen molar-refractivity contribution in [3.8, 4) is 0 Å². The van der Waals surface area contributed by atoms with Crippen molar-refractivity contribution in [3.05, 3.63) is 48.0 Å². The molecule has 0 spiro atoms. The van der Waals surface area contributed by atoms with Gasteiger partial charge in [-0.05, 0) is 25.3 Å². The van der Waals surface area contributed by atoms with Gasteiger partial charge in [-0.2, -0.15) is 0 Å². The lowest BCUT2D eigenvalue weighted by molar-refractivity contribution is 1.000. The first-order valence-electron chi connectivity index (χ1n) is 5.08. The summed E-state index contributed by atoms with van der Waals surface area (Å²) in [6.45, 7) is 6.06. The third-order valence-corrected chi connectivity index (χ3v) is 1.68. The minimum Gasteiger partial charge on any atom is -0.0917 e. The monoisotopic (exact) mass is 176 g/mol. The Balaban J connectivity index is 0.000000671. The fourth-order valence-electron chi connectivity index (χ4n) is 1.06. The highest BCUT2D eigenvalue weighted by atomic mass is 13.9. The number of allylic oxidation sites excluding steroid dienone is 2. The Morgan fingerprint density at radius 1 is 1.08 bits per heavy atom. The molecule has 0 atom stereocenters. The fourth-order valence-corrected chi connectivity index (χ4v) is 1.06. The van der Waals surface area contributed by atoms with Gasteiger partial charge in [0.25, 0.3) is 0 Å². The van der Waals surface area contributed by atoms with Crippen molar-refractivity contribution < 1.29 is 0 Å². The van der Waals surface area contributed by atoms with E-state index in [0.29, 0.717) is 0 Å². The van der Waals surface area contributed by atoms with E-state index in [2.05, 4.69) is 49.4 Å². The van der Waals surface area contributed by atoms with Gasteiger partial charge >= 0.3 is 0 Å². The van der Waals surface area contributed by atoms with E-state index in [4.69, 9.17) is 0 Å². The summed E-state index contributed by atoms with van der Waals surface area (Å²) in [4.78, 5) is 0. The molecule has 0 aliphatic carbocycles. The zero-order chi connectivity index (χ0) is 9.94.